The molecular weight excluding hydrogens is 366 g/mol. The van der Waals surface area contributed by atoms with Crippen molar-refractivity contribution >= 4 is 12.0 Å². The fraction of sp³-hybridized carbons (Fsp3) is 0.652. The predicted octanol–water partition coefficient (Wildman–Crippen LogP) is 3.59. The van der Waals surface area contributed by atoms with Gasteiger partial charge in [0.25, 0.3) is 0 Å². The van der Waals surface area contributed by atoms with E-state index in [-0.39, 0.29) is 24.0 Å². The van der Waals surface area contributed by atoms with Crippen LogP contribution in [0.2, 0.25) is 0 Å². The highest BCUT2D eigenvalue weighted by Crippen LogP contribution is 2.25. The fourth-order valence-electron chi connectivity index (χ4n) is 4.18. The highest BCUT2D eigenvalue weighted by molar-refractivity contribution is 5.79. The molecule has 160 valence electrons. The summed E-state index contributed by atoms with van der Waals surface area (Å²) in [6, 6.07) is 10.7. The maximum atomic E-state index is 12.8. The Morgan fingerprint density at radius 1 is 1.07 bits per heavy atom. The fourth-order valence-corrected chi connectivity index (χ4v) is 4.18. The van der Waals surface area contributed by atoms with Crippen LogP contribution in [0.3, 0.4) is 0 Å². The maximum absolute atomic E-state index is 12.8. The lowest BCUT2D eigenvalue weighted by molar-refractivity contribution is -0.126. The molecule has 29 heavy (non-hydrogen) atoms. The molecule has 3 rings (SSSR count). The van der Waals surface area contributed by atoms with Gasteiger partial charge >= 0.3 is 6.09 Å². The van der Waals surface area contributed by atoms with Crippen molar-refractivity contribution in [3.8, 4) is 0 Å². The minimum atomic E-state index is -0.493. The van der Waals surface area contributed by atoms with Crippen LogP contribution in [0.25, 0.3) is 0 Å². The number of amides is 2. The Morgan fingerprint density at radius 2 is 1.69 bits per heavy atom. The molecule has 2 aliphatic rings. The molecule has 2 saturated heterocycles. The van der Waals surface area contributed by atoms with E-state index in [9.17, 15) is 9.59 Å². The number of ether oxygens (including phenoxy) is 1. The summed E-state index contributed by atoms with van der Waals surface area (Å²) in [4.78, 5) is 29.2. The largest absolute Gasteiger partial charge is 0.444 e. The average molecular weight is 402 g/mol. The minimum absolute atomic E-state index is 0.0383. The van der Waals surface area contributed by atoms with Crippen molar-refractivity contribution in [3.05, 3.63) is 35.9 Å². The summed E-state index contributed by atoms with van der Waals surface area (Å²) in [5, 5.41) is 3.19. The molecule has 0 radical (unpaired) electrons. The Bertz CT molecular complexity index is 672. The molecule has 2 fully saturated rings. The Labute approximate surface area is 174 Å². The van der Waals surface area contributed by atoms with Crippen LogP contribution in [0.1, 0.15) is 58.1 Å². The van der Waals surface area contributed by atoms with Crippen molar-refractivity contribution in [1.29, 1.82) is 0 Å². The Kier molecular flexibility index (Phi) is 7.17. The third kappa shape index (κ3) is 6.20. The molecular formula is C23H35N3O3. The molecule has 2 heterocycles. The number of likely N-dealkylation sites (tertiary alicyclic amines) is 2. The van der Waals surface area contributed by atoms with E-state index < -0.39 is 5.60 Å². The van der Waals surface area contributed by atoms with Crippen LogP contribution < -0.4 is 5.32 Å². The van der Waals surface area contributed by atoms with Crippen molar-refractivity contribution in [2.24, 2.45) is 5.92 Å². The number of carbonyl (C=O) groups is 2. The van der Waals surface area contributed by atoms with Crippen LogP contribution in [0.15, 0.2) is 30.3 Å². The summed E-state index contributed by atoms with van der Waals surface area (Å²) in [7, 11) is 0. The van der Waals surface area contributed by atoms with Crippen LogP contribution in [0.4, 0.5) is 4.79 Å². The van der Waals surface area contributed by atoms with E-state index >= 15 is 0 Å². The zero-order valence-corrected chi connectivity index (χ0v) is 18.0. The van der Waals surface area contributed by atoms with Gasteiger partial charge in [-0.3, -0.25) is 9.69 Å². The quantitative estimate of drug-likeness (QED) is 0.819. The van der Waals surface area contributed by atoms with E-state index in [0.29, 0.717) is 32.5 Å². The third-order valence-corrected chi connectivity index (χ3v) is 5.75. The van der Waals surface area contributed by atoms with Gasteiger partial charge in [-0.1, -0.05) is 30.3 Å². The first-order chi connectivity index (χ1) is 13.8. The second-order valence-electron chi connectivity index (χ2n) is 9.16. The van der Waals surface area contributed by atoms with Gasteiger partial charge in [0.05, 0.1) is 6.04 Å². The van der Waals surface area contributed by atoms with Gasteiger partial charge in [-0.2, -0.15) is 0 Å². The monoisotopic (exact) mass is 401 g/mol. The van der Waals surface area contributed by atoms with Crippen LogP contribution in [-0.4, -0.2) is 60.1 Å². The van der Waals surface area contributed by atoms with Crippen LogP contribution in [0.5, 0.6) is 0 Å². The first kappa shape index (κ1) is 21.6. The van der Waals surface area contributed by atoms with Crippen molar-refractivity contribution in [2.45, 2.75) is 58.1 Å². The Hall–Kier alpha value is -2.08. The summed E-state index contributed by atoms with van der Waals surface area (Å²) < 4.78 is 5.44. The number of nitrogens with zero attached hydrogens (tertiary/aromatic N) is 2. The second-order valence-corrected chi connectivity index (χ2v) is 9.16. The van der Waals surface area contributed by atoms with Gasteiger partial charge in [-0.15, -0.1) is 0 Å². The lowest BCUT2D eigenvalue weighted by atomic mass is 9.96. The summed E-state index contributed by atoms with van der Waals surface area (Å²) in [6.45, 7) is 9.56. The standard InChI is InChI=1S/C23H35N3O3/c1-23(2,3)29-22(28)26-15-11-19(12-16-26)21(27)24-17-20(25-13-7-8-14-25)18-9-5-4-6-10-18/h4-6,9-10,19-20H,7-8,11-17H2,1-3H3,(H,24,27)/t20-/m0/s1. The third-order valence-electron chi connectivity index (χ3n) is 5.75. The van der Waals surface area contributed by atoms with Crippen molar-refractivity contribution < 1.29 is 14.3 Å². The van der Waals surface area contributed by atoms with Crippen molar-refractivity contribution in [2.75, 3.05) is 32.7 Å². The molecule has 0 aromatic heterocycles. The van der Waals surface area contributed by atoms with Crippen LogP contribution in [-0.2, 0) is 9.53 Å². The highest BCUT2D eigenvalue weighted by Gasteiger charge is 2.31. The molecule has 6 nitrogen and oxygen atoms in total. The number of nitrogens with one attached hydrogen (secondary N) is 1. The Balaban J connectivity index is 1.50. The second kappa shape index (κ2) is 9.61. The number of benzene rings is 1. The molecule has 0 saturated carbocycles. The molecule has 2 amide bonds. The summed E-state index contributed by atoms with van der Waals surface area (Å²) >= 11 is 0. The number of carbonyl (C=O) groups excluding carboxylic acids is 2. The summed E-state index contributed by atoms with van der Waals surface area (Å²) in [5.74, 6) is 0.0673. The van der Waals surface area contributed by atoms with E-state index in [1.807, 2.05) is 26.8 Å². The molecule has 0 spiro atoms. The van der Waals surface area contributed by atoms with Gasteiger partial charge in [0.15, 0.2) is 0 Å². The van der Waals surface area contributed by atoms with Crippen molar-refractivity contribution in [1.82, 2.24) is 15.1 Å². The van der Waals surface area contributed by atoms with Crippen LogP contribution >= 0.6 is 0 Å². The number of rotatable bonds is 5. The summed E-state index contributed by atoms with van der Waals surface area (Å²) in [6.07, 6.45) is 3.53. The van der Waals surface area contributed by atoms with Gasteiger partial charge in [-0.25, -0.2) is 4.79 Å². The highest BCUT2D eigenvalue weighted by atomic mass is 16.6. The molecule has 1 aromatic rings. The molecule has 2 aliphatic heterocycles. The smallest absolute Gasteiger partial charge is 0.410 e. The van der Waals surface area contributed by atoms with Gasteiger partial charge in [0.2, 0.25) is 5.91 Å². The SMILES string of the molecule is CC(C)(C)OC(=O)N1CCC(C(=O)NC[C@@H](c2ccccc2)N2CCCC2)CC1. The molecule has 1 aromatic carbocycles. The topological polar surface area (TPSA) is 61.9 Å². The molecule has 1 N–H and O–H groups in total. The van der Waals surface area contributed by atoms with E-state index in [1.54, 1.807) is 4.90 Å². The zero-order valence-electron chi connectivity index (χ0n) is 18.0. The maximum Gasteiger partial charge on any atom is 0.410 e. The molecule has 1 atom stereocenters. The van der Waals surface area contributed by atoms with Gasteiger partial charge in [0.1, 0.15) is 5.60 Å². The van der Waals surface area contributed by atoms with Crippen LogP contribution in [0, 0.1) is 5.92 Å². The van der Waals surface area contributed by atoms with Gasteiger partial charge in [-0.05, 0) is 65.1 Å². The van der Waals surface area contributed by atoms with E-state index in [1.165, 1.54) is 18.4 Å². The first-order valence-corrected chi connectivity index (χ1v) is 10.9. The molecule has 0 bridgehead atoms. The lowest BCUT2D eigenvalue weighted by Gasteiger charge is -2.33. The Morgan fingerprint density at radius 3 is 2.28 bits per heavy atom. The van der Waals surface area contributed by atoms with E-state index in [4.69, 9.17) is 4.74 Å². The average Bonchev–Trinajstić information content (AvgIpc) is 3.22. The molecule has 6 heteroatoms. The number of hydrogen-bond donors (Lipinski definition) is 1. The van der Waals surface area contributed by atoms with E-state index in [0.717, 1.165) is 13.1 Å². The predicted molar refractivity (Wildman–Crippen MR) is 114 cm³/mol. The molecule has 0 unspecified atom stereocenters. The van der Waals surface area contributed by atoms with E-state index in [2.05, 4.69) is 34.5 Å². The first-order valence-electron chi connectivity index (χ1n) is 10.9. The zero-order chi connectivity index (χ0) is 20.9. The summed E-state index contributed by atoms with van der Waals surface area (Å²) in [5.41, 5.74) is 0.766. The lowest BCUT2D eigenvalue weighted by Crippen LogP contribution is -2.46. The van der Waals surface area contributed by atoms with Gasteiger partial charge in [0, 0.05) is 25.6 Å². The number of hydrogen-bond acceptors (Lipinski definition) is 4. The molecule has 0 aliphatic carbocycles. The van der Waals surface area contributed by atoms with Gasteiger partial charge < -0.3 is 15.0 Å². The minimum Gasteiger partial charge on any atom is -0.444 e. The number of piperidine rings is 1. The normalized spacial score (nSPS) is 19.8. The van der Waals surface area contributed by atoms with Crippen molar-refractivity contribution in [3.63, 3.8) is 0 Å².